The molecule has 9 heavy (non-hydrogen) atoms. The van der Waals surface area contributed by atoms with Crippen LogP contribution < -0.4 is 0 Å². The molecule has 0 aliphatic rings. The summed E-state index contributed by atoms with van der Waals surface area (Å²) in [5, 5.41) is 0. The van der Waals surface area contributed by atoms with Crippen molar-refractivity contribution < 1.29 is 0 Å². The van der Waals surface area contributed by atoms with Crippen LogP contribution in [0.1, 0.15) is 47.5 Å². The second-order valence-electron chi connectivity index (χ2n) is 4.00. The Bertz CT molecular complexity index is 35.0. The van der Waals surface area contributed by atoms with E-state index in [1.807, 2.05) is 0 Å². The molecule has 0 spiro atoms. The second-order valence-corrected chi connectivity index (χ2v) is 4.00. The summed E-state index contributed by atoms with van der Waals surface area (Å²) >= 11 is 2.19. The molecule has 52 valence electrons. The molecule has 0 rings (SSSR count). The Labute approximate surface area is 69.6 Å². The van der Waals surface area contributed by atoms with Gasteiger partial charge < -0.3 is 0 Å². The predicted octanol–water partition coefficient (Wildman–Crippen LogP) is 3.18. The summed E-state index contributed by atoms with van der Waals surface area (Å²) in [6.45, 7) is 10.9. The van der Waals surface area contributed by atoms with Crippen LogP contribution in [0, 0.1) is 0 Å². The topological polar surface area (TPSA) is 0 Å². The normalized spacial score (nSPS) is 10.1. The Morgan fingerprint density at radius 2 is 1.11 bits per heavy atom. The molecular formula is C8H19Li. The summed E-state index contributed by atoms with van der Waals surface area (Å²) < 4.78 is 0.500. The van der Waals surface area contributed by atoms with Crippen LogP contribution in [0.3, 0.4) is 0 Å². The molecule has 0 aliphatic carbocycles. The van der Waals surface area contributed by atoms with Gasteiger partial charge >= 0.3 is 42.6 Å². The van der Waals surface area contributed by atoms with Crippen LogP contribution in [0.2, 0.25) is 4.09 Å². The van der Waals surface area contributed by atoms with Gasteiger partial charge in [0.1, 0.15) is 0 Å². The summed E-state index contributed by atoms with van der Waals surface area (Å²) in [5.41, 5.74) is 0. The average molecular weight is 122 g/mol. The van der Waals surface area contributed by atoms with Crippen molar-refractivity contribution in [2.75, 3.05) is 0 Å². The zero-order valence-electron chi connectivity index (χ0n) is 7.91. The third-order valence-corrected chi connectivity index (χ3v) is 0.500. The van der Waals surface area contributed by atoms with Crippen molar-refractivity contribution in [1.29, 1.82) is 0 Å². The first-order valence-corrected chi connectivity index (χ1v) is 3.91. The number of hydrogen-bond acceptors (Lipinski definition) is 0. The first-order valence-electron chi connectivity index (χ1n) is 3.91. The minimum atomic E-state index is 0.500. The van der Waals surface area contributed by atoms with Crippen molar-refractivity contribution in [2.45, 2.75) is 51.5 Å². The monoisotopic (exact) mass is 122 g/mol. The fraction of sp³-hybridized carbons (Fsp3) is 1.00. The van der Waals surface area contributed by atoms with Crippen LogP contribution in [0.25, 0.3) is 0 Å². The Hall–Kier alpha value is 0.597. The first kappa shape index (κ1) is 12.3. The van der Waals surface area contributed by atoms with Crippen molar-refractivity contribution in [2.24, 2.45) is 0 Å². The summed E-state index contributed by atoms with van der Waals surface area (Å²) in [7, 11) is 0. The van der Waals surface area contributed by atoms with Crippen molar-refractivity contribution in [3.63, 3.8) is 0 Å². The van der Waals surface area contributed by atoms with Gasteiger partial charge in [0.15, 0.2) is 0 Å². The number of rotatable bonds is 1. The third-order valence-electron chi connectivity index (χ3n) is 0.500. The van der Waals surface area contributed by atoms with Crippen LogP contribution in [-0.4, -0.2) is 17.7 Å². The quantitative estimate of drug-likeness (QED) is 0.468. The van der Waals surface area contributed by atoms with Crippen LogP contribution in [0.15, 0.2) is 0 Å². The van der Waals surface area contributed by atoms with Gasteiger partial charge in [-0.3, -0.25) is 0 Å². The van der Waals surface area contributed by atoms with Gasteiger partial charge in [0.25, 0.3) is 0 Å². The zero-order valence-corrected chi connectivity index (χ0v) is 7.91. The van der Waals surface area contributed by atoms with E-state index in [1.54, 1.807) is 0 Å². The summed E-state index contributed by atoms with van der Waals surface area (Å²) in [4.78, 5) is 0. The Morgan fingerprint density at radius 1 is 1.00 bits per heavy atom. The van der Waals surface area contributed by atoms with E-state index < -0.39 is 0 Å². The molecule has 0 aromatic carbocycles. The summed E-state index contributed by atoms with van der Waals surface area (Å²) in [6, 6.07) is 0. The van der Waals surface area contributed by atoms with Gasteiger partial charge in [0.05, 0.1) is 0 Å². The maximum atomic E-state index is 2.19. The van der Waals surface area contributed by atoms with Gasteiger partial charge in [-0.1, -0.05) is 26.7 Å². The van der Waals surface area contributed by atoms with E-state index in [0.29, 0.717) is 4.09 Å². The van der Waals surface area contributed by atoms with E-state index >= 15 is 0 Å². The van der Waals surface area contributed by atoms with Crippen LogP contribution >= 0.6 is 0 Å². The van der Waals surface area contributed by atoms with Gasteiger partial charge in [0, 0.05) is 0 Å². The van der Waals surface area contributed by atoms with Gasteiger partial charge in [-0.25, -0.2) is 0 Å². The maximum absolute atomic E-state index is 2.19. The molecule has 0 nitrogen and oxygen atoms in total. The van der Waals surface area contributed by atoms with E-state index in [0.717, 1.165) is 0 Å². The molecule has 0 bridgehead atoms. The van der Waals surface area contributed by atoms with Gasteiger partial charge in [-0.2, -0.15) is 0 Å². The van der Waals surface area contributed by atoms with Crippen molar-refractivity contribution in [3.8, 4) is 0 Å². The molecule has 0 fully saturated rings. The van der Waals surface area contributed by atoms with Crippen molar-refractivity contribution in [3.05, 3.63) is 0 Å². The van der Waals surface area contributed by atoms with Crippen LogP contribution in [-0.2, 0) is 0 Å². The Morgan fingerprint density at radius 3 is 1.11 bits per heavy atom. The molecule has 0 heterocycles. The molecule has 0 saturated carbocycles. The van der Waals surface area contributed by atoms with Crippen molar-refractivity contribution >= 4 is 17.7 Å². The third kappa shape index (κ3) is 147. The van der Waals surface area contributed by atoms with Crippen LogP contribution in [0.4, 0.5) is 0 Å². The van der Waals surface area contributed by atoms with E-state index in [9.17, 15) is 0 Å². The molecule has 0 unspecified atom stereocenters. The molecule has 0 atom stereocenters. The molecule has 0 radical (unpaired) electrons. The first-order chi connectivity index (χ1) is 3.91. The average Bonchev–Trinajstić information content (AvgIpc) is 1.61. The summed E-state index contributed by atoms with van der Waals surface area (Å²) in [6.07, 6.45) is 2.64. The molecule has 0 saturated heterocycles. The molecule has 0 amide bonds. The zero-order chi connectivity index (χ0) is 7.91. The van der Waals surface area contributed by atoms with E-state index in [4.69, 9.17) is 0 Å². The fourth-order valence-electron chi connectivity index (χ4n) is 0. The van der Waals surface area contributed by atoms with Gasteiger partial charge in [-0.15, -0.1) is 0 Å². The van der Waals surface area contributed by atoms with Crippen LogP contribution in [0.5, 0.6) is 0 Å². The second kappa shape index (κ2) is 6.71. The molecular weight excluding hydrogens is 103 g/mol. The Kier molecular flexibility index (Phi) is 9.17. The number of hydrogen-bond donors (Lipinski definition) is 0. The number of unbranched alkanes of at least 4 members (excludes halogenated alkanes) is 1. The standard InChI is InChI=1S/C4H9.C4H10.Li/c1-4(2)3;1-3-4-2;/h1-3H3;3-4H2,1-2H3;. The minimum absolute atomic E-state index is 0.500. The molecule has 0 N–H and O–H groups in total. The predicted molar refractivity (Wildman–Crippen MR) is 46.1 cm³/mol. The molecule has 0 aromatic rings. The molecule has 0 aliphatic heterocycles. The van der Waals surface area contributed by atoms with Gasteiger partial charge in [0.2, 0.25) is 0 Å². The van der Waals surface area contributed by atoms with E-state index in [1.165, 1.54) is 12.8 Å². The van der Waals surface area contributed by atoms with E-state index in [2.05, 4.69) is 52.3 Å². The SMILES string of the molecule is CCCC.[Li][C](C)(C)C. The van der Waals surface area contributed by atoms with E-state index in [-0.39, 0.29) is 0 Å². The van der Waals surface area contributed by atoms with Gasteiger partial charge in [-0.05, 0) is 0 Å². The Balaban J connectivity index is 0. The molecule has 1 heteroatoms. The fourth-order valence-corrected chi connectivity index (χ4v) is 0. The summed E-state index contributed by atoms with van der Waals surface area (Å²) in [5.74, 6) is 0. The van der Waals surface area contributed by atoms with Crippen molar-refractivity contribution in [1.82, 2.24) is 0 Å². The molecule has 0 aromatic heterocycles.